The molecule has 0 saturated heterocycles. The molecule has 2 heteroatoms. The summed E-state index contributed by atoms with van der Waals surface area (Å²) in [6.07, 6.45) is 0. The van der Waals surface area contributed by atoms with Gasteiger partial charge in [-0.3, -0.25) is 0 Å². The Bertz CT molecular complexity index is 139. The summed E-state index contributed by atoms with van der Waals surface area (Å²) in [5, 5.41) is 0. The summed E-state index contributed by atoms with van der Waals surface area (Å²) in [6, 6.07) is 9.87. The second kappa shape index (κ2) is 6.50. The molecule has 0 saturated carbocycles. The Labute approximate surface area is 84.4 Å². The monoisotopic (exact) mass is 150 g/mol. The molecule has 0 aliphatic carbocycles. The van der Waals surface area contributed by atoms with E-state index in [1.807, 2.05) is 30.3 Å². The first-order valence-electron chi connectivity index (χ1n) is 2.26. The number of benzene rings is 1. The van der Waals surface area contributed by atoms with E-state index in [4.69, 9.17) is 0 Å². The third kappa shape index (κ3) is 4.86. The van der Waals surface area contributed by atoms with Gasteiger partial charge in [0.15, 0.2) is 0 Å². The summed E-state index contributed by atoms with van der Waals surface area (Å²) < 4.78 is 0. The van der Waals surface area contributed by atoms with Crippen LogP contribution in [-0.4, -0.2) is 0 Å². The van der Waals surface area contributed by atoms with Gasteiger partial charge in [-0.15, -0.1) is 24.5 Å². The van der Waals surface area contributed by atoms with Crippen molar-refractivity contribution in [1.29, 1.82) is 0 Å². The van der Waals surface area contributed by atoms with Crippen LogP contribution in [-0.2, 0) is 0 Å². The van der Waals surface area contributed by atoms with Gasteiger partial charge in [-0.1, -0.05) is 6.07 Å². The van der Waals surface area contributed by atoms with Crippen LogP contribution in [0.2, 0.25) is 0 Å². The van der Waals surface area contributed by atoms with Crippen molar-refractivity contribution < 1.29 is 29.6 Å². The summed E-state index contributed by atoms with van der Waals surface area (Å²) in [6.45, 7) is 3.72. The fraction of sp³-hybridized carbons (Fsp3) is 0. The van der Waals surface area contributed by atoms with Crippen molar-refractivity contribution in [2.45, 2.75) is 0 Å². The molecule has 0 aromatic heterocycles. The maximum atomic E-state index is 3.72. The Morgan fingerprint density at radius 3 is 1.67 bits per heavy atom. The van der Waals surface area contributed by atoms with Gasteiger partial charge in [0, 0.05) is 0 Å². The van der Waals surface area contributed by atoms with Crippen LogP contribution in [0.1, 0.15) is 5.56 Å². The topological polar surface area (TPSA) is 0 Å². The van der Waals surface area contributed by atoms with E-state index in [9.17, 15) is 0 Å². The van der Waals surface area contributed by atoms with E-state index >= 15 is 0 Å². The van der Waals surface area contributed by atoms with Crippen LogP contribution in [0.4, 0.5) is 0 Å². The molecule has 0 aliphatic rings. The van der Waals surface area contributed by atoms with Gasteiger partial charge in [0.05, 0.1) is 0 Å². The van der Waals surface area contributed by atoms with Crippen LogP contribution in [0.3, 0.4) is 0 Å². The Morgan fingerprint density at radius 1 is 1.00 bits per heavy atom. The molecule has 1 aromatic carbocycles. The van der Waals surface area contributed by atoms with Crippen molar-refractivity contribution in [3.05, 3.63) is 42.8 Å². The van der Waals surface area contributed by atoms with Crippen LogP contribution >= 0.6 is 12.4 Å². The molecule has 0 unspecified atom stereocenters. The maximum absolute atomic E-state index is 3.72. The van der Waals surface area contributed by atoms with Crippen LogP contribution in [0.25, 0.3) is 0 Å². The van der Waals surface area contributed by atoms with Gasteiger partial charge >= 0.3 is 29.6 Å². The third-order valence-electron chi connectivity index (χ3n) is 0.843. The van der Waals surface area contributed by atoms with E-state index in [2.05, 4.69) is 6.92 Å². The molecule has 1 aromatic rings. The SMILES string of the molecule is Cl.[CH2-]c1ccccc1.[Na+]. The van der Waals surface area contributed by atoms with E-state index in [1.54, 1.807) is 0 Å². The van der Waals surface area contributed by atoms with Crippen LogP contribution in [0, 0.1) is 6.92 Å². The van der Waals surface area contributed by atoms with Gasteiger partial charge in [0.1, 0.15) is 0 Å². The van der Waals surface area contributed by atoms with E-state index < -0.39 is 0 Å². The molecule has 0 heterocycles. The quantitative estimate of drug-likeness (QED) is 0.339. The second-order valence-electron chi connectivity index (χ2n) is 1.49. The first-order valence-corrected chi connectivity index (χ1v) is 2.26. The molecule has 0 spiro atoms. The van der Waals surface area contributed by atoms with Crippen molar-refractivity contribution in [2.24, 2.45) is 0 Å². The largest absolute Gasteiger partial charge is 1.00 e. The maximum Gasteiger partial charge on any atom is 1.00 e. The minimum atomic E-state index is 0. The zero-order valence-electron chi connectivity index (χ0n) is 5.50. The number of rotatable bonds is 0. The molecular weight excluding hydrogens is 143 g/mol. The molecule has 0 amide bonds. The molecule has 0 atom stereocenters. The normalized spacial score (nSPS) is 6.67. The predicted octanol–water partition coefficient (Wildman–Crippen LogP) is -0.705. The summed E-state index contributed by atoms with van der Waals surface area (Å²) in [7, 11) is 0. The number of halogens is 1. The smallest absolute Gasteiger partial charge is 0.199 e. The fourth-order valence-corrected chi connectivity index (χ4v) is 0.478. The summed E-state index contributed by atoms with van der Waals surface area (Å²) in [5.41, 5.74) is 1.07. The molecule has 0 fully saturated rings. The molecular formula is C7H8ClNa. The zero-order valence-corrected chi connectivity index (χ0v) is 8.32. The Balaban J connectivity index is 0. The fourth-order valence-electron chi connectivity index (χ4n) is 0.478. The van der Waals surface area contributed by atoms with Gasteiger partial charge in [-0.25, -0.2) is 0 Å². The Hall–Kier alpha value is 0.380. The Kier molecular flexibility index (Phi) is 8.73. The van der Waals surface area contributed by atoms with E-state index in [0.29, 0.717) is 0 Å². The standard InChI is InChI=1S/C7H7.ClH.Na/c1-7-5-3-2-4-6-7;;/h2-6H,1H2;1H;/q-1;;+1. The van der Waals surface area contributed by atoms with Crippen LogP contribution < -0.4 is 29.6 Å². The van der Waals surface area contributed by atoms with Crippen molar-refractivity contribution >= 4 is 12.4 Å². The molecule has 0 bridgehead atoms. The van der Waals surface area contributed by atoms with Gasteiger partial charge in [0.2, 0.25) is 0 Å². The predicted molar refractivity (Wildman–Crippen MR) is 38.1 cm³/mol. The van der Waals surface area contributed by atoms with Crippen LogP contribution in [0.15, 0.2) is 30.3 Å². The van der Waals surface area contributed by atoms with Crippen molar-refractivity contribution in [2.75, 3.05) is 0 Å². The number of hydrogen-bond acceptors (Lipinski definition) is 0. The average molecular weight is 151 g/mol. The van der Waals surface area contributed by atoms with Gasteiger partial charge in [0.25, 0.3) is 0 Å². The second-order valence-corrected chi connectivity index (χ2v) is 1.49. The van der Waals surface area contributed by atoms with E-state index in [0.717, 1.165) is 5.56 Å². The van der Waals surface area contributed by atoms with E-state index in [1.165, 1.54) is 0 Å². The molecule has 9 heavy (non-hydrogen) atoms. The van der Waals surface area contributed by atoms with Crippen molar-refractivity contribution in [1.82, 2.24) is 0 Å². The molecule has 0 aliphatic heterocycles. The molecule has 1 rings (SSSR count). The minimum Gasteiger partial charge on any atom is -0.199 e. The molecule has 0 N–H and O–H groups in total. The van der Waals surface area contributed by atoms with Crippen molar-refractivity contribution in [3.63, 3.8) is 0 Å². The summed E-state index contributed by atoms with van der Waals surface area (Å²) in [4.78, 5) is 0. The summed E-state index contributed by atoms with van der Waals surface area (Å²) >= 11 is 0. The first kappa shape index (κ1) is 12.1. The molecule has 0 nitrogen and oxygen atoms in total. The number of hydrogen-bond donors (Lipinski definition) is 0. The van der Waals surface area contributed by atoms with E-state index in [-0.39, 0.29) is 42.0 Å². The average Bonchev–Trinajstić information content (AvgIpc) is 1.69. The molecule has 44 valence electrons. The van der Waals surface area contributed by atoms with Gasteiger partial charge in [-0.2, -0.15) is 24.6 Å². The minimum absolute atomic E-state index is 0. The third-order valence-corrected chi connectivity index (χ3v) is 0.843. The van der Waals surface area contributed by atoms with Crippen molar-refractivity contribution in [3.8, 4) is 0 Å². The zero-order chi connectivity index (χ0) is 5.11. The summed E-state index contributed by atoms with van der Waals surface area (Å²) in [5.74, 6) is 0. The Morgan fingerprint density at radius 2 is 1.44 bits per heavy atom. The van der Waals surface area contributed by atoms with Gasteiger partial charge in [-0.05, 0) is 0 Å². The molecule has 0 radical (unpaired) electrons. The van der Waals surface area contributed by atoms with Gasteiger partial charge < -0.3 is 0 Å². The van der Waals surface area contributed by atoms with Crippen LogP contribution in [0.5, 0.6) is 0 Å². The first-order chi connectivity index (χ1) is 3.39.